The van der Waals surface area contributed by atoms with E-state index >= 15 is 0 Å². The number of aromatic nitrogens is 2. The molecule has 0 atom stereocenters. The molecular weight excluding hydrogens is 174 g/mol. The first-order valence-electron chi connectivity index (χ1n) is 5.15. The van der Waals surface area contributed by atoms with Gasteiger partial charge in [-0.3, -0.25) is 0 Å². The first-order chi connectivity index (χ1) is 6.57. The van der Waals surface area contributed by atoms with Crippen molar-refractivity contribution in [3.63, 3.8) is 0 Å². The Morgan fingerprint density at radius 3 is 2.07 bits per heavy atom. The monoisotopic (exact) mass is 191 g/mol. The third kappa shape index (κ3) is 1.72. The lowest BCUT2D eigenvalue weighted by atomic mass is 9.89. The van der Waals surface area contributed by atoms with E-state index in [0.717, 1.165) is 19.0 Å². The summed E-state index contributed by atoms with van der Waals surface area (Å²) in [7, 11) is 0. The number of hydrogen-bond acceptors (Lipinski definition) is 3. The first-order valence-corrected chi connectivity index (χ1v) is 5.15. The predicted molar refractivity (Wildman–Crippen MR) is 57.6 cm³/mol. The standard InChI is InChI=1S/C11H17N3/c1-11(2,3)9-7-12-10(13-8-9)14-5-4-6-14/h7-8H,4-6H2,1-3H3. The Morgan fingerprint density at radius 2 is 1.71 bits per heavy atom. The van der Waals surface area contributed by atoms with Crippen molar-refractivity contribution in [3.8, 4) is 0 Å². The molecular formula is C11H17N3. The molecule has 1 fully saturated rings. The average Bonchev–Trinajstić information content (AvgIpc) is 2.00. The lowest BCUT2D eigenvalue weighted by molar-refractivity contribution is 0.574. The van der Waals surface area contributed by atoms with Gasteiger partial charge in [0.1, 0.15) is 0 Å². The van der Waals surface area contributed by atoms with Gasteiger partial charge in [-0.1, -0.05) is 20.8 Å². The Hall–Kier alpha value is -1.12. The van der Waals surface area contributed by atoms with Gasteiger partial charge in [0.05, 0.1) is 0 Å². The zero-order chi connectivity index (χ0) is 10.2. The third-order valence-corrected chi connectivity index (χ3v) is 2.64. The summed E-state index contributed by atoms with van der Waals surface area (Å²) in [6.45, 7) is 8.74. The molecule has 1 saturated heterocycles. The molecule has 0 amide bonds. The highest BCUT2D eigenvalue weighted by atomic mass is 15.3. The van der Waals surface area contributed by atoms with E-state index in [2.05, 4.69) is 35.6 Å². The van der Waals surface area contributed by atoms with Gasteiger partial charge in [-0.25, -0.2) is 9.97 Å². The van der Waals surface area contributed by atoms with Gasteiger partial charge < -0.3 is 4.90 Å². The van der Waals surface area contributed by atoms with Crippen LogP contribution in [0, 0.1) is 0 Å². The topological polar surface area (TPSA) is 29.0 Å². The summed E-state index contributed by atoms with van der Waals surface area (Å²) in [4.78, 5) is 11.0. The van der Waals surface area contributed by atoms with E-state index in [1.807, 2.05) is 12.4 Å². The van der Waals surface area contributed by atoms with Crippen LogP contribution in [-0.4, -0.2) is 23.1 Å². The Morgan fingerprint density at radius 1 is 1.14 bits per heavy atom. The second-order valence-corrected chi connectivity index (χ2v) is 4.86. The molecule has 3 nitrogen and oxygen atoms in total. The van der Waals surface area contributed by atoms with Gasteiger partial charge >= 0.3 is 0 Å². The van der Waals surface area contributed by atoms with Crippen LogP contribution in [0.15, 0.2) is 12.4 Å². The molecule has 1 aromatic rings. The number of anilines is 1. The molecule has 2 heterocycles. The predicted octanol–water partition coefficient (Wildman–Crippen LogP) is 1.98. The second-order valence-electron chi connectivity index (χ2n) is 4.86. The van der Waals surface area contributed by atoms with Crippen molar-refractivity contribution in [1.29, 1.82) is 0 Å². The molecule has 0 N–H and O–H groups in total. The molecule has 1 aliphatic rings. The van der Waals surface area contributed by atoms with Crippen LogP contribution in [-0.2, 0) is 5.41 Å². The van der Waals surface area contributed by atoms with Crippen molar-refractivity contribution in [1.82, 2.24) is 9.97 Å². The highest BCUT2D eigenvalue weighted by Gasteiger charge is 2.19. The molecule has 1 aliphatic heterocycles. The highest BCUT2D eigenvalue weighted by molar-refractivity contribution is 5.33. The SMILES string of the molecule is CC(C)(C)c1cnc(N2CCC2)nc1. The van der Waals surface area contributed by atoms with Gasteiger partial charge in [0.2, 0.25) is 5.95 Å². The normalized spacial score (nSPS) is 16.6. The fourth-order valence-electron chi connectivity index (χ4n) is 1.39. The molecule has 1 aromatic heterocycles. The smallest absolute Gasteiger partial charge is 0.225 e. The van der Waals surface area contributed by atoms with Gasteiger partial charge in [0.25, 0.3) is 0 Å². The van der Waals surface area contributed by atoms with E-state index in [4.69, 9.17) is 0 Å². The van der Waals surface area contributed by atoms with Crippen molar-refractivity contribution in [3.05, 3.63) is 18.0 Å². The second kappa shape index (κ2) is 3.23. The third-order valence-electron chi connectivity index (χ3n) is 2.64. The van der Waals surface area contributed by atoms with Crippen LogP contribution in [0.1, 0.15) is 32.8 Å². The molecule has 0 bridgehead atoms. The number of nitrogens with zero attached hydrogens (tertiary/aromatic N) is 3. The van der Waals surface area contributed by atoms with E-state index < -0.39 is 0 Å². The van der Waals surface area contributed by atoms with Crippen LogP contribution in [0.25, 0.3) is 0 Å². The minimum absolute atomic E-state index is 0.146. The van der Waals surface area contributed by atoms with E-state index in [1.165, 1.54) is 12.0 Å². The Labute approximate surface area is 85.2 Å². The summed E-state index contributed by atoms with van der Waals surface area (Å²) in [5.74, 6) is 0.879. The molecule has 0 aliphatic carbocycles. The van der Waals surface area contributed by atoms with Crippen molar-refractivity contribution >= 4 is 5.95 Å². The number of rotatable bonds is 1. The van der Waals surface area contributed by atoms with Gasteiger partial charge in [-0.05, 0) is 17.4 Å². The van der Waals surface area contributed by atoms with E-state index in [1.54, 1.807) is 0 Å². The van der Waals surface area contributed by atoms with Crippen molar-refractivity contribution in [2.45, 2.75) is 32.6 Å². The average molecular weight is 191 g/mol. The van der Waals surface area contributed by atoms with Crippen molar-refractivity contribution in [2.75, 3.05) is 18.0 Å². The van der Waals surface area contributed by atoms with E-state index in [-0.39, 0.29) is 5.41 Å². The quantitative estimate of drug-likeness (QED) is 0.679. The van der Waals surface area contributed by atoms with Crippen LogP contribution in [0.3, 0.4) is 0 Å². The lowest BCUT2D eigenvalue weighted by Gasteiger charge is -2.31. The molecule has 0 spiro atoms. The van der Waals surface area contributed by atoms with E-state index in [0.29, 0.717) is 0 Å². The van der Waals surface area contributed by atoms with E-state index in [9.17, 15) is 0 Å². The fourth-order valence-corrected chi connectivity index (χ4v) is 1.39. The molecule has 14 heavy (non-hydrogen) atoms. The highest BCUT2D eigenvalue weighted by Crippen LogP contribution is 2.22. The molecule has 0 saturated carbocycles. The molecule has 0 aromatic carbocycles. The Kier molecular flexibility index (Phi) is 2.17. The summed E-state index contributed by atoms with van der Waals surface area (Å²) in [6.07, 6.45) is 5.16. The maximum Gasteiger partial charge on any atom is 0.225 e. The zero-order valence-corrected chi connectivity index (χ0v) is 9.12. The molecule has 3 heteroatoms. The van der Waals surface area contributed by atoms with Crippen LogP contribution >= 0.6 is 0 Å². The summed E-state index contributed by atoms with van der Waals surface area (Å²) in [6, 6.07) is 0. The number of hydrogen-bond donors (Lipinski definition) is 0. The lowest BCUT2D eigenvalue weighted by Crippen LogP contribution is -2.38. The fraction of sp³-hybridized carbons (Fsp3) is 0.636. The minimum atomic E-state index is 0.146. The van der Waals surface area contributed by atoms with Gasteiger partial charge in [-0.15, -0.1) is 0 Å². The Balaban J connectivity index is 2.17. The van der Waals surface area contributed by atoms with Crippen LogP contribution in [0.4, 0.5) is 5.95 Å². The minimum Gasteiger partial charge on any atom is -0.341 e. The maximum atomic E-state index is 4.38. The maximum absolute atomic E-state index is 4.38. The summed E-state index contributed by atoms with van der Waals surface area (Å²) in [5.41, 5.74) is 1.34. The zero-order valence-electron chi connectivity index (χ0n) is 9.12. The van der Waals surface area contributed by atoms with Gasteiger partial charge in [0.15, 0.2) is 0 Å². The molecule has 0 unspecified atom stereocenters. The van der Waals surface area contributed by atoms with Crippen LogP contribution < -0.4 is 4.90 Å². The molecule has 76 valence electrons. The summed E-state index contributed by atoms with van der Waals surface area (Å²) < 4.78 is 0. The van der Waals surface area contributed by atoms with Gasteiger partial charge in [0, 0.05) is 25.5 Å². The van der Waals surface area contributed by atoms with Crippen LogP contribution in [0.5, 0.6) is 0 Å². The van der Waals surface area contributed by atoms with Crippen molar-refractivity contribution < 1.29 is 0 Å². The summed E-state index contributed by atoms with van der Waals surface area (Å²) >= 11 is 0. The first kappa shape index (κ1) is 9.44. The molecule has 2 rings (SSSR count). The largest absolute Gasteiger partial charge is 0.341 e. The summed E-state index contributed by atoms with van der Waals surface area (Å²) in [5, 5.41) is 0. The van der Waals surface area contributed by atoms with Crippen LogP contribution in [0.2, 0.25) is 0 Å². The van der Waals surface area contributed by atoms with Gasteiger partial charge in [-0.2, -0.15) is 0 Å². The molecule has 0 radical (unpaired) electrons. The van der Waals surface area contributed by atoms with Crippen molar-refractivity contribution in [2.24, 2.45) is 0 Å². The Bertz CT molecular complexity index is 306.